The molecule has 0 radical (unpaired) electrons. The third-order valence-corrected chi connectivity index (χ3v) is 4.50. The lowest BCUT2D eigenvalue weighted by molar-refractivity contribution is -0.129. The van der Waals surface area contributed by atoms with Gasteiger partial charge in [-0.2, -0.15) is 0 Å². The summed E-state index contributed by atoms with van der Waals surface area (Å²) >= 11 is 12.3. The fraction of sp³-hybridized carbons (Fsp3) is 0.632. The molecule has 0 atom stereocenters. The first-order chi connectivity index (χ1) is 10.9. The van der Waals surface area contributed by atoms with E-state index in [1.165, 1.54) is 12.0 Å². The molecule has 0 bridgehead atoms. The Morgan fingerprint density at radius 3 is 1.87 bits per heavy atom. The van der Waals surface area contributed by atoms with E-state index in [0.717, 1.165) is 41.5 Å². The molecule has 0 saturated carbocycles. The molecular formula is C19H31Cl2NO. The van der Waals surface area contributed by atoms with Gasteiger partial charge in [0.15, 0.2) is 0 Å². The lowest BCUT2D eigenvalue weighted by Gasteiger charge is -2.31. The summed E-state index contributed by atoms with van der Waals surface area (Å²) in [5.41, 5.74) is 2.13. The highest BCUT2D eigenvalue weighted by atomic mass is 35.5. The SMILES string of the molecule is CC.CC(=O)N1CCC(c2cc(Cl)c(C)c(Cl)c2)CC1.CCC. The van der Waals surface area contributed by atoms with E-state index in [2.05, 4.69) is 13.8 Å². The normalized spacial score (nSPS) is 14.3. The molecule has 1 heterocycles. The van der Waals surface area contributed by atoms with Crippen LogP contribution in [0, 0.1) is 6.92 Å². The molecule has 1 fully saturated rings. The summed E-state index contributed by atoms with van der Waals surface area (Å²) in [7, 11) is 0. The molecule has 1 aromatic rings. The van der Waals surface area contributed by atoms with Gasteiger partial charge in [-0.25, -0.2) is 0 Å². The summed E-state index contributed by atoms with van der Waals surface area (Å²) in [5, 5.41) is 1.46. The molecule has 2 rings (SSSR count). The van der Waals surface area contributed by atoms with Gasteiger partial charge in [0, 0.05) is 30.1 Å². The van der Waals surface area contributed by atoms with Crippen LogP contribution >= 0.6 is 23.2 Å². The number of hydrogen-bond donors (Lipinski definition) is 0. The Balaban J connectivity index is 0.000000868. The number of piperidine rings is 1. The van der Waals surface area contributed by atoms with E-state index >= 15 is 0 Å². The van der Waals surface area contributed by atoms with Crippen molar-refractivity contribution in [2.75, 3.05) is 13.1 Å². The zero-order valence-electron chi connectivity index (χ0n) is 15.4. The second-order valence-electron chi connectivity index (χ2n) is 5.60. The van der Waals surface area contributed by atoms with Crippen molar-refractivity contribution >= 4 is 29.1 Å². The van der Waals surface area contributed by atoms with E-state index in [0.29, 0.717) is 5.92 Å². The molecule has 0 aromatic heterocycles. The van der Waals surface area contributed by atoms with E-state index in [-0.39, 0.29) is 5.91 Å². The minimum atomic E-state index is 0.161. The first-order valence-corrected chi connectivity index (χ1v) is 9.37. The van der Waals surface area contributed by atoms with Gasteiger partial charge in [-0.3, -0.25) is 4.79 Å². The molecule has 0 unspecified atom stereocenters. The van der Waals surface area contributed by atoms with Gasteiger partial charge in [0.05, 0.1) is 0 Å². The van der Waals surface area contributed by atoms with Gasteiger partial charge in [0.1, 0.15) is 0 Å². The average molecular weight is 360 g/mol. The van der Waals surface area contributed by atoms with Crippen molar-refractivity contribution in [3.05, 3.63) is 33.3 Å². The molecule has 0 spiro atoms. The first kappa shape index (κ1) is 22.3. The molecular weight excluding hydrogens is 329 g/mol. The van der Waals surface area contributed by atoms with Crippen LogP contribution in [0.25, 0.3) is 0 Å². The van der Waals surface area contributed by atoms with E-state index in [1.807, 2.05) is 37.8 Å². The summed E-state index contributed by atoms with van der Waals surface area (Å²) < 4.78 is 0. The summed E-state index contributed by atoms with van der Waals surface area (Å²) in [4.78, 5) is 13.2. The number of carbonyl (C=O) groups excluding carboxylic acids is 1. The molecule has 1 saturated heterocycles. The quantitative estimate of drug-likeness (QED) is 0.562. The summed E-state index contributed by atoms with van der Waals surface area (Å²) in [6.07, 6.45) is 3.21. The largest absolute Gasteiger partial charge is 0.343 e. The Labute approximate surface area is 152 Å². The highest BCUT2D eigenvalue weighted by molar-refractivity contribution is 6.36. The average Bonchev–Trinajstić information content (AvgIpc) is 2.55. The molecule has 0 N–H and O–H groups in total. The molecule has 1 aliphatic rings. The number of hydrogen-bond acceptors (Lipinski definition) is 1. The van der Waals surface area contributed by atoms with E-state index < -0.39 is 0 Å². The fourth-order valence-corrected chi connectivity index (χ4v) is 2.93. The molecule has 1 aliphatic heterocycles. The number of halogens is 2. The fourth-order valence-electron chi connectivity index (χ4n) is 2.43. The standard InChI is InChI=1S/C14H17Cl2NO.C3H8.C2H6/c1-9-13(15)7-12(8-14(9)16)11-3-5-17(6-4-11)10(2)18;1-3-2;1-2/h7-8,11H,3-6H2,1-2H3;3H2,1-2H3;1-2H3. The molecule has 1 amide bonds. The van der Waals surface area contributed by atoms with Crippen molar-refractivity contribution in [2.45, 2.75) is 66.7 Å². The molecule has 1 aromatic carbocycles. The molecule has 132 valence electrons. The van der Waals surface area contributed by atoms with E-state index in [9.17, 15) is 4.79 Å². The number of benzene rings is 1. The summed E-state index contributed by atoms with van der Waals surface area (Å²) in [6, 6.07) is 4.02. The number of nitrogens with zero attached hydrogens (tertiary/aromatic N) is 1. The van der Waals surface area contributed by atoms with Gasteiger partial charge in [0.2, 0.25) is 5.91 Å². The third-order valence-electron chi connectivity index (χ3n) is 3.71. The Hall–Kier alpha value is -0.730. The third kappa shape index (κ3) is 7.14. The Morgan fingerprint density at radius 2 is 1.52 bits per heavy atom. The van der Waals surface area contributed by atoms with E-state index in [4.69, 9.17) is 23.2 Å². The van der Waals surface area contributed by atoms with Crippen molar-refractivity contribution in [1.29, 1.82) is 0 Å². The molecule has 23 heavy (non-hydrogen) atoms. The lowest BCUT2D eigenvalue weighted by Crippen LogP contribution is -2.36. The maximum absolute atomic E-state index is 11.3. The van der Waals surface area contributed by atoms with Crippen LogP contribution in [0.15, 0.2) is 12.1 Å². The second-order valence-corrected chi connectivity index (χ2v) is 6.41. The van der Waals surface area contributed by atoms with Crippen LogP contribution in [0.1, 0.15) is 70.9 Å². The van der Waals surface area contributed by atoms with Crippen molar-refractivity contribution in [3.63, 3.8) is 0 Å². The van der Waals surface area contributed by atoms with Crippen LogP contribution in [0.2, 0.25) is 10.0 Å². The van der Waals surface area contributed by atoms with Gasteiger partial charge in [-0.1, -0.05) is 57.3 Å². The van der Waals surface area contributed by atoms with Gasteiger partial charge < -0.3 is 4.90 Å². The van der Waals surface area contributed by atoms with Crippen LogP contribution in [0.5, 0.6) is 0 Å². The van der Waals surface area contributed by atoms with Gasteiger partial charge in [-0.15, -0.1) is 0 Å². The van der Waals surface area contributed by atoms with Crippen molar-refractivity contribution < 1.29 is 4.79 Å². The smallest absolute Gasteiger partial charge is 0.219 e. The Morgan fingerprint density at radius 1 is 1.13 bits per heavy atom. The monoisotopic (exact) mass is 359 g/mol. The van der Waals surface area contributed by atoms with Crippen LogP contribution < -0.4 is 0 Å². The zero-order valence-corrected chi connectivity index (χ0v) is 16.9. The highest BCUT2D eigenvalue weighted by Gasteiger charge is 2.22. The zero-order chi connectivity index (χ0) is 18.0. The first-order valence-electron chi connectivity index (χ1n) is 8.61. The highest BCUT2D eigenvalue weighted by Crippen LogP contribution is 2.34. The minimum absolute atomic E-state index is 0.161. The van der Waals surface area contributed by atoms with Crippen LogP contribution in [0.3, 0.4) is 0 Å². The maximum Gasteiger partial charge on any atom is 0.219 e. The van der Waals surface area contributed by atoms with Gasteiger partial charge >= 0.3 is 0 Å². The number of carbonyl (C=O) groups is 1. The number of amides is 1. The molecule has 2 nitrogen and oxygen atoms in total. The van der Waals surface area contributed by atoms with Gasteiger partial charge in [-0.05, 0) is 48.9 Å². The Bertz CT molecular complexity index is 457. The summed E-state index contributed by atoms with van der Waals surface area (Å²) in [5.74, 6) is 0.615. The van der Waals surface area contributed by atoms with Crippen molar-refractivity contribution in [3.8, 4) is 0 Å². The topological polar surface area (TPSA) is 20.3 Å². The number of likely N-dealkylation sites (tertiary alicyclic amines) is 1. The maximum atomic E-state index is 11.3. The van der Waals surface area contributed by atoms with Crippen molar-refractivity contribution in [2.24, 2.45) is 0 Å². The molecule has 4 heteroatoms. The van der Waals surface area contributed by atoms with Gasteiger partial charge in [0.25, 0.3) is 0 Å². The van der Waals surface area contributed by atoms with Crippen LogP contribution in [-0.2, 0) is 4.79 Å². The predicted molar refractivity (Wildman–Crippen MR) is 103 cm³/mol. The Kier molecular flexibility index (Phi) is 11.4. The van der Waals surface area contributed by atoms with E-state index in [1.54, 1.807) is 6.92 Å². The lowest BCUT2D eigenvalue weighted by atomic mass is 9.89. The van der Waals surface area contributed by atoms with Crippen LogP contribution in [-0.4, -0.2) is 23.9 Å². The summed E-state index contributed by atoms with van der Waals surface area (Å²) in [6.45, 7) is 13.4. The second kappa shape index (κ2) is 11.8. The minimum Gasteiger partial charge on any atom is -0.343 e. The van der Waals surface area contributed by atoms with Crippen LogP contribution in [0.4, 0.5) is 0 Å². The van der Waals surface area contributed by atoms with Crippen molar-refractivity contribution in [1.82, 2.24) is 4.90 Å². The number of rotatable bonds is 1. The molecule has 0 aliphatic carbocycles. The predicted octanol–water partition coefficient (Wildman–Crippen LogP) is 6.47.